The summed E-state index contributed by atoms with van der Waals surface area (Å²) in [5, 5.41) is 31.3. The summed E-state index contributed by atoms with van der Waals surface area (Å²) in [6.45, 7) is -0.137. The first kappa shape index (κ1) is 12.5. The number of hydrogen-bond donors (Lipinski definition) is 3. The number of anilines is 1. The number of aromatic nitrogens is 4. The second-order valence-electron chi connectivity index (χ2n) is 3.55. The van der Waals surface area contributed by atoms with Crippen LogP contribution in [-0.2, 0) is 11.3 Å². The largest absolute Gasteiger partial charge is 0.507 e. The molecule has 0 aliphatic heterocycles. The van der Waals surface area contributed by atoms with E-state index in [-0.39, 0.29) is 17.8 Å². The molecular weight excluding hydrogens is 254 g/mol. The first-order chi connectivity index (χ1) is 9.06. The molecule has 0 radical (unpaired) electrons. The van der Waals surface area contributed by atoms with Gasteiger partial charge in [-0.3, -0.25) is 4.79 Å². The number of nitrogens with zero attached hydrogens (tertiary/aromatic N) is 4. The van der Waals surface area contributed by atoms with Crippen LogP contribution in [0.3, 0.4) is 0 Å². The molecular formula is C10H9N5O4. The van der Waals surface area contributed by atoms with E-state index < -0.39 is 17.6 Å². The Morgan fingerprint density at radius 1 is 1.37 bits per heavy atom. The van der Waals surface area contributed by atoms with Gasteiger partial charge < -0.3 is 15.5 Å². The Bertz CT molecular complexity index is 610. The lowest BCUT2D eigenvalue weighted by Gasteiger charge is -2.06. The molecule has 0 saturated carbocycles. The fourth-order valence-corrected chi connectivity index (χ4v) is 1.38. The predicted molar refractivity (Wildman–Crippen MR) is 61.5 cm³/mol. The zero-order valence-electron chi connectivity index (χ0n) is 9.52. The highest BCUT2D eigenvalue weighted by molar-refractivity contribution is 5.94. The highest BCUT2D eigenvalue weighted by Gasteiger charge is 2.11. The fourth-order valence-electron chi connectivity index (χ4n) is 1.38. The standard InChI is InChI=1S/C10H9N5O4/c16-8-3-6(1-2-7(8)10(18)19)13-9(17)4-15-12-5-11-14-15/h1-3,5,16H,4H2,(H,13,17)(H,18,19). The minimum atomic E-state index is -1.25. The second-order valence-corrected chi connectivity index (χ2v) is 3.55. The van der Waals surface area contributed by atoms with Crippen molar-refractivity contribution in [2.24, 2.45) is 0 Å². The fraction of sp³-hybridized carbons (Fsp3) is 0.100. The van der Waals surface area contributed by atoms with E-state index in [9.17, 15) is 14.7 Å². The third kappa shape index (κ3) is 3.03. The van der Waals surface area contributed by atoms with E-state index >= 15 is 0 Å². The zero-order chi connectivity index (χ0) is 13.8. The van der Waals surface area contributed by atoms with Crippen LogP contribution in [0.25, 0.3) is 0 Å². The number of carbonyl (C=O) groups is 2. The third-order valence-electron chi connectivity index (χ3n) is 2.19. The van der Waals surface area contributed by atoms with Crippen LogP contribution in [-0.4, -0.2) is 42.3 Å². The van der Waals surface area contributed by atoms with Crippen LogP contribution in [0.4, 0.5) is 5.69 Å². The van der Waals surface area contributed by atoms with Gasteiger partial charge in [0.05, 0.1) is 0 Å². The maximum atomic E-state index is 11.6. The van der Waals surface area contributed by atoms with Crippen LogP contribution < -0.4 is 5.32 Å². The van der Waals surface area contributed by atoms with Gasteiger partial charge in [-0.25, -0.2) is 4.79 Å². The number of aromatic carboxylic acids is 1. The molecule has 9 nitrogen and oxygen atoms in total. The van der Waals surface area contributed by atoms with Crippen molar-refractivity contribution >= 4 is 17.6 Å². The van der Waals surface area contributed by atoms with Crippen LogP contribution >= 0.6 is 0 Å². The lowest BCUT2D eigenvalue weighted by atomic mass is 10.2. The number of nitrogens with one attached hydrogen (secondary N) is 1. The van der Waals surface area contributed by atoms with Crippen LogP contribution in [0, 0.1) is 0 Å². The minimum absolute atomic E-state index is 0.137. The molecule has 19 heavy (non-hydrogen) atoms. The maximum absolute atomic E-state index is 11.6. The Kier molecular flexibility index (Phi) is 3.37. The van der Waals surface area contributed by atoms with Gasteiger partial charge in [0.15, 0.2) is 6.33 Å². The number of tetrazole rings is 1. The molecule has 0 aliphatic rings. The molecule has 0 aliphatic carbocycles. The van der Waals surface area contributed by atoms with E-state index in [2.05, 4.69) is 20.7 Å². The molecule has 3 N–H and O–H groups in total. The van der Waals surface area contributed by atoms with E-state index in [1.54, 1.807) is 0 Å². The van der Waals surface area contributed by atoms with Crippen LogP contribution in [0.2, 0.25) is 0 Å². The monoisotopic (exact) mass is 263 g/mol. The summed E-state index contributed by atoms with van der Waals surface area (Å²) in [6, 6.07) is 3.72. The Balaban J connectivity index is 2.05. The summed E-state index contributed by atoms with van der Waals surface area (Å²) in [5.74, 6) is -2.10. The first-order valence-corrected chi connectivity index (χ1v) is 5.13. The minimum Gasteiger partial charge on any atom is -0.507 e. The van der Waals surface area contributed by atoms with Gasteiger partial charge in [-0.05, 0) is 17.3 Å². The molecule has 1 aromatic heterocycles. The van der Waals surface area contributed by atoms with Crippen molar-refractivity contribution in [2.45, 2.75) is 6.54 Å². The lowest BCUT2D eigenvalue weighted by Crippen LogP contribution is -2.20. The van der Waals surface area contributed by atoms with Gasteiger partial charge in [0.25, 0.3) is 0 Å². The molecule has 1 aromatic carbocycles. The summed E-state index contributed by atoms with van der Waals surface area (Å²) in [7, 11) is 0. The zero-order valence-corrected chi connectivity index (χ0v) is 9.52. The molecule has 9 heteroatoms. The van der Waals surface area contributed by atoms with Gasteiger partial charge in [-0.1, -0.05) is 0 Å². The average Bonchev–Trinajstić information content (AvgIpc) is 2.81. The van der Waals surface area contributed by atoms with E-state index in [4.69, 9.17) is 5.11 Å². The van der Waals surface area contributed by atoms with Crippen molar-refractivity contribution in [3.8, 4) is 5.75 Å². The molecule has 98 valence electrons. The van der Waals surface area contributed by atoms with Gasteiger partial charge in [0.2, 0.25) is 5.91 Å². The van der Waals surface area contributed by atoms with Crippen molar-refractivity contribution in [2.75, 3.05) is 5.32 Å². The topological polar surface area (TPSA) is 130 Å². The van der Waals surface area contributed by atoms with Crippen LogP contribution in [0.5, 0.6) is 5.75 Å². The van der Waals surface area contributed by atoms with Crippen LogP contribution in [0.15, 0.2) is 24.5 Å². The van der Waals surface area contributed by atoms with E-state index in [1.165, 1.54) is 18.5 Å². The van der Waals surface area contributed by atoms with Gasteiger partial charge in [0, 0.05) is 11.8 Å². The smallest absolute Gasteiger partial charge is 0.339 e. The normalized spacial score (nSPS) is 10.1. The van der Waals surface area contributed by atoms with Crippen molar-refractivity contribution in [3.05, 3.63) is 30.1 Å². The first-order valence-electron chi connectivity index (χ1n) is 5.13. The number of carbonyl (C=O) groups excluding carboxylic acids is 1. The molecule has 0 unspecified atom stereocenters. The third-order valence-corrected chi connectivity index (χ3v) is 2.19. The number of benzene rings is 1. The lowest BCUT2D eigenvalue weighted by molar-refractivity contribution is -0.117. The average molecular weight is 263 g/mol. The highest BCUT2D eigenvalue weighted by Crippen LogP contribution is 2.21. The molecule has 1 amide bonds. The van der Waals surface area contributed by atoms with E-state index in [0.717, 1.165) is 10.9 Å². The molecule has 2 aromatic rings. The molecule has 0 saturated heterocycles. The number of phenols is 1. The summed E-state index contributed by atoms with van der Waals surface area (Å²) >= 11 is 0. The Morgan fingerprint density at radius 2 is 2.16 bits per heavy atom. The number of hydrogen-bond acceptors (Lipinski definition) is 6. The number of rotatable bonds is 4. The highest BCUT2D eigenvalue weighted by atomic mass is 16.4. The molecule has 0 spiro atoms. The van der Waals surface area contributed by atoms with Crippen LogP contribution in [0.1, 0.15) is 10.4 Å². The van der Waals surface area contributed by atoms with Gasteiger partial charge >= 0.3 is 5.97 Å². The molecule has 2 rings (SSSR count). The van der Waals surface area contributed by atoms with Crippen molar-refractivity contribution in [3.63, 3.8) is 0 Å². The summed E-state index contributed by atoms with van der Waals surface area (Å²) in [5.41, 5.74) is 0.0311. The van der Waals surface area contributed by atoms with Crippen molar-refractivity contribution < 1.29 is 19.8 Å². The Morgan fingerprint density at radius 3 is 2.74 bits per heavy atom. The molecule has 0 bridgehead atoms. The van der Waals surface area contributed by atoms with Gasteiger partial charge in [-0.15, -0.1) is 10.2 Å². The second kappa shape index (κ2) is 5.12. The number of carboxylic acids is 1. The van der Waals surface area contributed by atoms with Gasteiger partial charge in [0.1, 0.15) is 17.9 Å². The number of amides is 1. The van der Waals surface area contributed by atoms with E-state index in [1.807, 2.05) is 0 Å². The molecule has 1 heterocycles. The van der Waals surface area contributed by atoms with Crippen molar-refractivity contribution in [1.82, 2.24) is 20.2 Å². The van der Waals surface area contributed by atoms with E-state index in [0.29, 0.717) is 0 Å². The summed E-state index contributed by atoms with van der Waals surface area (Å²) in [4.78, 5) is 23.3. The molecule has 0 atom stereocenters. The number of carboxylic acid groups (broad SMARTS) is 1. The summed E-state index contributed by atoms with van der Waals surface area (Å²) in [6.07, 6.45) is 1.20. The number of aromatic hydroxyl groups is 1. The Labute approximate surface area is 106 Å². The SMILES string of the molecule is O=C(Cn1ncnn1)Nc1ccc(C(=O)O)c(O)c1. The van der Waals surface area contributed by atoms with Gasteiger partial charge in [-0.2, -0.15) is 4.80 Å². The maximum Gasteiger partial charge on any atom is 0.339 e. The Hall–Kier alpha value is -2.97. The quantitative estimate of drug-likeness (QED) is 0.691. The summed E-state index contributed by atoms with van der Waals surface area (Å²) < 4.78 is 0. The molecule has 0 fully saturated rings. The predicted octanol–water partition coefficient (Wildman–Crippen LogP) is -0.284. The van der Waals surface area contributed by atoms with Crippen molar-refractivity contribution in [1.29, 1.82) is 0 Å².